The number of rotatable bonds is 5. The summed E-state index contributed by atoms with van der Waals surface area (Å²) in [5.74, 6) is 2.71. The average molecular weight is 312 g/mol. The van der Waals surface area contributed by atoms with E-state index in [-0.39, 0.29) is 0 Å². The number of fused-ring (bicyclic) bond motifs is 1. The Bertz CT molecular complexity index is 439. The zero-order valence-electron chi connectivity index (χ0n) is 14.0. The lowest BCUT2D eigenvalue weighted by atomic mass is 10.3. The molecule has 0 saturated carbocycles. The lowest BCUT2D eigenvalue weighted by Gasteiger charge is -2.04. The van der Waals surface area contributed by atoms with E-state index in [9.17, 15) is 0 Å². The second kappa shape index (κ2) is 12.3. The van der Waals surface area contributed by atoms with Crippen LogP contribution in [0.1, 0.15) is 54.4 Å². The molecule has 2 rings (SSSR count). The van der Waals surface area contributed by atoms with E-state index >= 15 is 0 Å². The molecule has 0 amide bonds. The Kier molecular flexibility index (Phi) is 12.0. The molecular weight excluding hydrogens is 280 g/mol. The Labute approximate surface area is 133 Å². The van der Waals surface area contributed by atoms with Crippen LogP contribution in [0.5, 0.6) is 0 Å². The van der Waals surface area contributed by atoms with Gasteiger partial charge in [-0.2, -0.15) is 0 Å². The topological polar surface area (TPSA) is 0 Å². The Hall–Kier alpha value is -0.470. The highest BCUT2D eigenvalue weighted by Crippen LogP contribution is 2.31. The minimum atomic E-state index is 0.479. The average Bonchev–Trinajstić information content (AvgIpc) is 2.95. The van der Waals surface area contributed by atoms with E-state index in [1.807, 2.05) is 39.0 Å². The van der Waals surface area contributed by atoms with Crippen molar-refractivity contribution in [1.29, 1.82) is 0 Å². The third-order valence-corrected chi connectivity index (χ3v) is 6.53. The van der Waals surface area contributed by atoms with Gasteiger partial charge in [-0.25, -0.2) is 0 Å². The van der Waals surface area contributed by atoms with Crippen LogP contribution >= 0.6 is 11.3 Å². The molecular formula is C18H31S2+. The Balaban J connectivity index is 0.000000829. The van der Waals surface area contributed by atoms with Crippen molar-refractivity contribution in [3.8, 4) is 0 Å². The van der Waals surface area contributed by atoms with Gasteiger partial charge in [-0.1, -0.05) is 53.7 Å². The van der Waals surface area contributed by atoms with E-state index in [1.54, 1.807) is 4.90 Å². The lowest BCUT2D eigenvalue weighted by Crippen LogP contribution is -2.11. The minimum absolute atomic E-state index is 0.479. The molecule has 2 heteroatoms. The molecule has 0 unspecified atom stereocenters. The SMILES string of the molecule is CC.CC.CCC[S+](CCC)c1csc2ccccc12. The monoisotopic (exact) mass is 311 g/mol. The summed E-state index contributed by atoms with van der Waals surface area (Å²) in [5.41, 5.74) is 0. The van der Waals surface area contributed by atoms with Gasteiger partial charge in [0, 0.05) is 26.4 Å². The van der Waals surface area contributed by atoms with Gasteiger partial charge in [-0.05, 0) is 25.0 Å². The van der Waals surface area contributed by atoms with Gasteiger partial charge in [0.2, 0.25) is 0 Å². The molecule has 0 N–H and O–H groups in total. The summed E-state index contributed by atoms with van der Waals surface area (Å²) in [5, 5.41) is 3.89. The second-order valence-electron chi connectivity index (χ2n) is 4.00. The summed E-state index contributed by atoms with van der Waals surface area (Å²) >= 11 is 1.90. The highest BCUT2D eigenvalue weighted by Gasteiger charge is 2.23. The first-order chi connectivity index (χ1) is 9.86. The molecule has 1 aromatic heterocycles. The third kappa shape index (κ3) is 5.49. The van der Waals surface area contributed by atoms with E-state index in [0.29, 0.717) is 10.9 Å². The molecule has 0 fully saturated rings. The predicted molar refractivity (Wildman–Crippen MR) is 100 cm³/mol. The zero-order valence-corrected chi connectivity index (χ0v) is 15.7. The first kappa shape index (κ1) is 19.5. The molecule has 0 bridgehead atoms. The molecule has 0 atom stereocenters. The van der Waals surface area contributed by atoms with Gasteiger partial charge in [0.25, 0.3) is 0 Å². The van der Waals surface area contributed by atoms with Gasteiger partial charge in [0.1, 0.15) is 11.5 Å². The predicted octanol–water partition coefficient (Wildman–Crippen LogP) is 6.75. The van der Waals surface area contributed by atoms with Crippen LogP contribution in [0.3, 0.4) is 0 Å². The molecule has 20 heavy (non-hydrogen) atoms. The quantitative estimate of drug-likeness (QED) is 0.536. The van der Waals surface area contributed by atoms with Crippen molar-refractivity contribution in [1.82, 2.24) is 0 Å². The van der Waals surface area contributed by atoms with Crippen molar-refractivity contribution in [3.63, 3.8) is 0 Å². The fourth-order valence-corrected chi connectivity index (χ4v) is 5.69. The van der Waals surface area contributed by atoms with Crippen LogP contribution in [0, 0.1) is 0 Å². The highest BCUT2D eigenvalue weighted by atomic mass is 32.2. The van der Waals surface area contributed by atoms with Crippen molar-refractivity contribution >= 4 is 32.3 Å². The van der Waals surface area contributed by atoms with Crippen LogP contribution in [-0.2, 0) is 10.9 Å². The standard InChI is InChI=1S/C14H19S2.2C2H6/c1-3-9-16(10-4-2)14-11-15-13-8-6-5-7-12(13)14;2*1-2/h5-8,11H,3-4,9-10H2,1-2H3;2*1-2H3/q+1;;. The van der Waals surface area contributed by atoms with E-state index in [4.69, 9.17) is 0 Å². The summed E-state index contributed by atoms with van der Waals surface area (Å²) in [6.07, 6.45) is 2.60. The fraction of sp³-hybridized carbons (Fsp3) is 0.556. The van der Waals surface area contributed by atoms with Crippen LogP contribution in [0.25, 0.3) is 10.1 Å². The summed E-state index contributed by atoms with van der Waals surface area (Å²) in [6, 6.07) is 8.83. The van der Waals surface area contributed by atoms with E-state index in [2.05, 4.69) is 43.5 Å². The summed E-state index contributed by atoms with van der Waals surface area (Å²) in [6.45, 7) is 12.6. The maximum atomic E-state index is 2.39. The molecule has 0 aliphatic carbocycles. The maximum Gasteiger partial charge on any atom is 0.173 e. The molecule has 0 nitrogen and oxygen atoms in total. The van der Waals surface area contributed by atoms with Crippen molar-refractivity contribution in [3.05, 3.63) is 29.6 Å². The normalized spacial score (nSPS) is 9.75. The van der Waals surface area contributed by atoms with Gasteiger partial charge in [0.05, 0.1) is 0 Å². The van der Waals surface area contributed by atoms with Crippen LogP contribution in [0.15, 0.2) is 34.5 Å². The van der Waals surface area contributed by atoms with E-state index < -0.39 is 0 Å². The van der Waals surface area contributed by atoms with E-state index in [1.165, 1.54) is 34.4 Å². The van der Waals surface area contributed by atoms with Crippen molar-refractivity contribution in [2.24, 2.45) is 0 Å². The van der Waals surface area contributed by atoms with Crippen LogP contribution in [-0.4, -0.2) is 11.5 Å². The fourth-order valence-electron chi connectivity index (χ4n) is 1.99. The van der Waals surface area contributed by atoms with Crippen molar-refractivity contribution < 1.29 is 0 Å². The molecule has 0 saturated heterocycles. The molecule has 1 heterocycles. The number of hydrogen-bond acceptors (Lipinski definition) is 1. The smallest absolute Gasteiger partial charge is 0.138 e. The molecule has 1 aromatic carbocycles. The van der Waals surface area contributed by atoms with Crippen LogP contribution in [0.4, 0.5) is 0 Å². The van der Waals surface area contributed by atoms with Gasteiger partial charge >= 0.3 is 0 Å². The zero-order chi connectivity index (χ0) is 15.4. The largest absolute Gasteiger partial charge is 0.173 e. The minimum Gasteiger partial charge on any atom is -0.138 e. The molecule has 0 radical (unpaired) electrons. The van der Waals surface area contributed by atoms with Gasteiger partial charge in [-0.3, -0.25) is 0 Å². The first-order valence-electron chi connectivity index (χ1n) is 8.00. The van der Waals surface area contributed by atoms with E-state index in [0.717, 1.165) is 0 Å². The maximum absolute atomic E-state index is 2.39. The molecule has 114 valence electrons. The Morgan fingerprint density at radius 1 is 0.900 bits per heavy atom. The summed E-state index contributed by atoms with van der Waals surface area (Å²) in [4.78, 5) is 1.62. The summed E-state index contributed by atoms with van der Waals surface area (Å²) < 4.78 is 1.45. The molecule has 0 aliphatic heterocycles. The van der Waals surface area contributed by atoms with Crippen LogP contribution < -0.4 is 0 Å². The first-order valence-corrected chi connectivity index (χ1v) is 10.4. The number of thiophene rings is 1. The van der Waals surface area contributed by atoms with Crippen molar-refractivity contribution in [2.75, 3.05) is 11.5 Å². The lowest BCUT2D eigenvalue weighted by molar-refractivity contribution is 1.06. The summed E-state index contributed by atoms with van der Waals surface area (Å²) in [7, 11) is 0.479. The molecule has 0 spiro atoms. The molecule has 0 aliphatic rings. The molecule has 2 aromatic rings. The number of hydrogen-bond donors (Lipinski definition) is 0. The second-order valence-corrected chi connectivity index (χ2v) is 7.15. The highest BCUT2D eigenvalue weighted by molar-refractivity contribution is 7.97. The van der Waals surface area contributed by atoms with Gasteiger partial charge in [0.15, 0.2) is 4.90 Å². The van der Waals surface area contributed by atoms with Gasteiger partial charge < -0.3 is 0 Å². The van der Waals surface area contributed by atoms with Gasteiger partial charge in [-0.15, -0.1) is 11.3 Å². The third-order valence-electron chi connectivity index (χ3n) is 2.66. The number of benzene rings is 1. The van der Waals surface area contributed by atoms with Crippen LogP contribution in [0.2, 0.25) is 0 Å². The van der Waals surface area contributed by atoms with Crippen molar-refractivity contribution in [2.45, 2.75) is 59.3 Å². The Morgan fingerprint density at radius 3 is 2.00 bits per heavy atom. The Morgan fingerprint density at radius 2 is 1.45 bits per heavy atom.